The summed E-state index contributed by atoms with van der Waals surface area (Å²) in [5.41, 5.74) is 0.202. The lowest BCUT2D eigenvalue weighted by Crippen LogP contribution is -2.40. The molecule has 0 saturated heterocycles. The number of aliphatic hydroxyl groups excluding tert-OH is 1. The number of pyridine rings is 1. The third-order valence-corrected chi connectivity index (χ3v) is 3.86. The Bertz CT molecular complexity index is 502. The van der Waals surface area contributed by atoms with Crippen LogP contribution in [0.3, 0.4) is 0 Å². The van der Waals surface area contributed by atoms with E-state index in [0.717, 1.165) is 25.7 Å². The van der Waals surface area contributed by atoms with Crippen molar-refractivity contribution in [3.8, 4) is 0 Å². The highest BCUT2D eigenvalue weighted by atomic mass is 16.3. The molecule has 5 nitrogen and oxygen atoms in total. The first-order valence-electron chi connectivity index (χ1n) is 6.69. The molecule has 0 bridgehead atoms. The van der Waals surface area contributed by atoms with Gasteiger partial charge in [0.1, 0.15) is 5.69 Å². The van der Waals surface area contributed by atoms with Gasteiger partial charge in [0, 0.05) is 25.8 Å². The Morgan fingerprint density at radius 2 is 2.05 bits per heavy atom. The number of nitrogens with zero attached hydrogens (tertiary/aromatic N) is 1. The topological polar surface area (TPSA) is 71.3 Å². The van der Waals surface area contributed by atoms with Crippen LogP contribution in [0.4, 0.5) is 0 Å². The molecule has 1 aromatic rings. The maximum atomic E-state index is 12.1. The molecule has 2 rings (SSSR count). The maximum Gasteiger partial charge on any atom is 0.268 e. The molecule has 1 heterocycles. The molecule has 1 aromatic heterocycles. The summed E-state index contributed by atoms with van der Waals surface area (Å²) in [6, 6.07) is 4.82. The molecular formula is C14H20N2O3. The van der Waals surface area contributed by atoms with Gasteiger partial charge in [0.05, 0.1) is 0 Å². The van der Waals surface area contributed by atoms with E-state index < -0.39 is 0 Å². The Morgan fingerprint density at radius 1 is 1.37 bits per heavy atom. The Morgan fingerprint density at radius 3 is 2.68 bits per heavy atom. The number of amides is 1. The minimum absolute atomic E-state index is 0.144. The van der Waals surface area contributed by atoms with Gasteiger partial charge < -0.3 is 15.0 Å². The summed E-state index contributed by atoms with van der Waals surface area (Å²) in [5.74, 6) is 0.168. The molecule has 1 fully saturated rings. The van der Waals surface area contributed by atoms with Crippen molar-refractivity contribution >= 4 is 5.91 Å². The van der Waals surface area contributed by atoms with Gasteiger partial charge in [0.15, 0.2) is 0 Å². The van der Waals surface area contributed by atoms with E-state index in [-0.39, 0.29) is 24.1 Å². The minimum atomic E-state index is -0.201. The van der Waals surface area contributed by atoms with Gasteiger partial charge in [-0.2, -0.15) is 0 Å². The number of carbonyl (C=O) groups excluding carboxylic acids is 1. The Labute approximate surface area is 112 Å². The van der Waals surface area contributed by atoms with Gasteiger partial charge in [0.25, 0.3) is 11.5 Å². The van der Waals surface area contributed by atoms with Crippen LogP contribution in [0, 0.1) is 5.92 Å². The van der Waals surface area contributed by atoms with E-state index >= 15 is 0 Å². The van der Waals surface area contributed by atoms with Gasteiger partial charge in [0.2, 0.25) is 0 Å². The lowest BCUT2D eigenvalue weighted by molar-refractivity contribution is 0.0904. The summed E-state index contributed by atoms with van der Waals surface area (Å²) in [6.07, 6.45) is 3.65. The fourth-order valence-electron chi connectivity index (χ4n) is 2.54. The van der Waals surface area contributed by atoms with Crippen LogP contribution in [-0.4, -0.2) is 28.2 Å². The summed E-state index contributed by atoms with van der Waals surface area (Å²) in [4.78, 5) is 23.6. The van der Waals surface area contributed by atoms with Crippen LogP contribution >= 0.6 is 0 Å². The second kappa shape index (κ2) is 6.02. The van der Waals surface area contributed by atoms with Crippen LogP contribution in [0.15, 0.2) is 23.0 Å². The standard InChI is InChI=1S/C14H20N2O3/c1-16-12(3-2-4-13(16)18)14(19)15-11-7-5-10(9-17)6-8-11/h2-4,10-11,17H,5-9H2,1H3,(H,15,19). The molecular weight excluding hydrogens is 244 g/mol. The molecule has 19 heavy (non-hydrogen) atoms. The molecule has 0 spiro atoms. The van der Waals surface area contributed by atoms with Crippen molar-refractivity contribution < 1.29 is 9.90 Å². The summed E-state index contributed by atoms with van der Waals surface area (Å²) < 4.78 is 1.36. The zero-order valence-electron chi connectivity index (χ0n) is 11.1. The van der Waals surface area contributed by atoms with Crippen LogP contribution < -0.4 is 10.9 Å². The SMILES string of the molecule is Cn1c(C(=O)NC2CCC(CO)CC2)cccc1=O. The largest absolute Gasteiger partial charge is 0.396 e. The van der Waals surface area contributed by atoms with Crippen LogP contribution in [-0.2, 0) is 7.05 Å². The van der Waals surface area contributed by atoms with E-state index in [2.05, 4.69) is 5.32 Å². The van der Waals surface area contributed by atoms with Crippen LogP contribution in [0.2, 0.25) is 0 Å². The minimum Gasteiger partial charge on any atom is -0.396 e. The van der Waals surface area contributed by atoms with E-state index in [9.17, 15) is 9.59 Å². The lowest BCUT2D eigenvalue weighted by Gasteiger charge is -2.28. The van der Waals surface area contributed by atoms with Crippen molar-refractivity contribution in [2.24, 2.45) is 13.0 Å². The smallest absolute Gasteiger partial charge is 0.268 e. The molecule has 1 amide bonds. The summed E-state index contributed by atoms with van der Waals surface area (Å²) in [5, 5.41) is 12.0. The number of rotatable bonds is 3. The molecule has 1 saturated carbocycles. The highest BCUT2D eigenvalue weighted by Gasteiger charge is 2.22. The first-order valence-corrected chi connectivity index (χ1v) is 6.69. The molecule has 104 valence electrons. The predicted octanol–water partition coefficient (Wildman–Crippen LogP) is 0.666. The third kappa shape index (κ3) is 3.23. The second-order valence-electron chi connectivity index (χ2n) is 5.18. The van der Waals surface area contributed by atoms with E-state index in [0.29, 0.717) is 11.6 Å². The van der Waals surface area contributed by atoms with Gasteiger partial charge in [-0.25, -0.2) is 0 Å². The average Bonchev–Trinajstić information content (AvgIpc) is 2.42. The lowest BCUT2D eigenvalue weighted by atomic mass is 9.86. The van der Waals surface area contributed by atoms with E-state index in [1.807, 2.05) is 0 Å². The van der Waals surface area contributed by atoms with Crippen molar-refractivity contribution in [3.63, 3.8) is 0 Å². The zero-order valence-corrected chi connectivity index (χ0v) is 11.1. The van der Waals surface area contributed by atoms with Crippen molar-refractivity contribution in [3.05, 3.63) is 34.2 Å². The molecule has 5 heteroatoms. The highest BCUT2D eigenvalue weighted by Crippen LogP contribution is 2.23. The van der Waals surface area contributed by atoms with Gasteiger partial charge in [-0.15, -0.1) is 0 Å². The van der Waals surface area contributed by atoms with Gasteiger partial charge in [-0.3, -0.25) is 9.59 Å². The molecule has 0 atom stereocenters. The fourth-order valence-corrected chi connectivity index (χ4v) is 2.54. The van der Waals surface area contributed by atoms with Gasteiger partial charge >= 0.3 is 0 Å². The van der Waals surface area contributed by atoms with Crippen molar-refractivity contribution in [1.82, 2.24) is 9.88 Å². The average molecular weight is 264 g/mol. The Hall–Kier alpha value is -1.62. The summed E-state index contributed by atoms with van der Waals surface area (Å²) in [7, 11) is 1.60. The molecule has 1 aliphatic carbocycles. The number of hydrogen-bond donors (Lipinski definition) is 2. The molecule has 2 N–H and O–H groups in total. The highest BCUT2D eigenvalue weighted by molar-refractivity contribution is 5.92. The van der Waals surface area contributed by atoms with Crippen molar-refractivity contribution in [1.29, 1.82) is 0 Å². The van der Waals surface area contributed by atoms with Crippen molar-refractivity contribution in [2.45, 2.75) is 31.7 Å². The first-order chi connectivity index (χ1) is 9.11. The molecule has 1 aliphatic rings. The quantitative estimate of drug-likeness (QED) is 0.842. The first kappa shape index (κ1) is 13.8. The van der Waals surface area contributed by atoms with E-state index in [1.165, 1.54) is 10.6 Å². The normalized spacial score (nSPS) is 23.1. The summed E-state index contributed by atoms with van der Waals surface area (Å²) >= 11 is 0. The maximum absolute atomic E-state index is 12.1. The van der Waals surface area contributed by atoms with Gasteiger partial charge in [-0.1, -0.05) is 6.07 Å². The summed E-state index contributed by atoms with van der Waals surface area (Å²) in [6.45, 7) is 0.230. The molecule has 0 radical (unpaired) electrons. The van der Waals surface area contributed by atoms with Gasteiger partial charge in [-0.05, 0) is 37.7 Å². The van der Waals surface area contributed by atoms with E-state index in [4.69, 9.17) is 5.11 Å². The number of aromatic nitrogens is 1. The fraction of sp³-hybridized carbons (Fsp3) is 0.571. The molecule has 0 unspecified atom stereocenters. The Balaban J connectivity index is 1.98. The van der Waals surface area contributed by atoms with Crippen LogP contribution in [0.25, 0.3) is 0 Å². The number of aliphatic hydroxyl groups is 1. The molecule has 0 aromatic carbocycles. The zero-order chi connectivity index (χ0) is 13.8. The second-order valence-corrected chi connectivity index (χ2v) is 5.18. The predicted molar refractivity (Wildman–Crippen MR) is 72.0 cm³/mol. The van der Waals surface area contributed by atoms with Crippen LogP contribution in [0.5, 0.6) is 0 Å². The molecule has 0 aliphatic heterocycles. The number of hydrogen-bond acceptors (Lipinski definition) is 3. The van der Waals surface area contributed by atoms with Crippen LogP contribution in [0.1, 0.15) is 36.2 Å². The Kier molecular flexibility index (Phi) is 4.37. The monoisotopic (exact) mass is 264 g/mol. The van der Waals surface area contributed by atoms with E-state index in [1.54, 1.807) is 19.2 Å². The number of carbonyl (C=O) groups is 1. The third-order valence-electron chi connectivity index (χ3n) is 3.86. The number of nitrogens with one attached hydrogen (secondary N) is 1. The van der Waals surface area contributed by atoms with Crippen molar-refractivity contribution in [2.75, 3.05) is 6.61 Å².